The monoisotopic (exact) mass is 670 g/mol. The summed E-state index contributed by atoms with van der Waals surface area (Å²) in [5.41, 5.74) is 4.89. The van der Waals surface area contributed by atoms with E-state index in [1.807, 2.05) is 45.3 Å². The first-order chi connectivity index (χ1) is 21.5. The lowest BCUT2D eigenvalue weighted by atomic mass is 9.91. The number of rotatable bonds is 12. The molecule has 0 aliphatic carbocycles. The van der Waals surface area contributed by atoms with Gasteiger partial charge in [-0.2, -0.15) is 0 Å². The zero-order valence-corrected chi connectivity index (χ0v) is 30.6. The number of aromatic nitrogens is 2. The zero-order chi connectivity index (χ0) is 34.0. The van der Waals surface area contributed by atoms with Crippen LogP contribution in [0.4, 0.5) is 0 Å². The number of nitrogens with one attached hydrogen (secondary N) is 1. The molecule has 0 saturated carbocycles. The molecule has 1 saturated heterocycles. The molecule has 2 amide bonds. The second kappa shape index (κ2) is 14.4. The van der Waals surface area contributed by atoms with Crippen LogP contribution in [0.3, 0.4) is 0 Å². The first-order valence-corrected chi connectivity index (χ1v) is 19.8. The predicted octanol–water partition coefficient (Wildman–Crippen LogP) is 6.47. The molecule has 0 spiro atoms. The summed E-state index contributed by atoms with van der Waals surface area (Å²) in [6, 6.07) is 8.77. The average molecular weight is 671 g/mol. The van der Waals surface area contributed by atoms with E-state index in [9.17, 15) is 14.7 Å². The molecule has 1 aliphatic heterocycles. The SMILES string of the molecule is Cc1ncsc1-c1ccc([C@H](C)NC(=O)[C@@H]2CC(O[Si](C)(C)C(C)(C)C)CN2C(=O)[C@@H](c2cc(O[C@@H](C)CO)no2)C(C)C)cc1. The fourth-order valence-corrected chi connectivity index (χ4v) is 7.66. The van der Waals surface area contributed by atoms with Crippen molar-refractivity contribution in [3.8, 4) is 16.3 Å². The fraction of sp³-hybridized carbons (Fsp3) is 0.588. The van der Waals surface area contributed by atoms with Crippen LogP contribution in [-0.4, -0.2) is 71.7 Å². The number of amides is 2. The van der Waals surface area contributed by atoms with Crippen molar-refractivity contribution in [2.45, 2.75) is 110 Å². The normalized spacial score (nSPS) is 19.3. The molecule has 2 N–H and O–H groups in total. The Hall–Kier alpha value is -3.06. The van der Waals surface area contributed by atoms with Crippen LogP contribution in [0.25, 0.3) is 10.4 Å². The van der Waals surface area contributed by atoms with Crippen molar-refractivity contribution >= 4 is 31.5 Å². The van der Waals surface area contributed by atoms with Gasteiger partial charge in [0.25, 0.3) is 5.88 Å². The summed E-state index contributed by atoms with van der Waals surface area (Å²) in [5, 5.41) is 16.5. The zero-order valence-electron chi connectivity index (χ0n) is 28.8. The maximum atomic E-state index is 14.4. The summed E-state index contributed by atoms with van der Waals surface area (Å²) in [5.74, 6) is -0.701. The molecular formula is C34H50N4O6SSi. The number of carbonyl (C=O) groups is 2. The number of aryl methyl sites for hydroxylation is 1. The van der Waals surface area contributed by atoms with Crippen LogP contribution in [0, 0.1) is 12.8 Å². The Bertz CT molecular complexity index is 1480. The number of hydrogen-bond donors (Lipinski definition) is 2. The number of nitrogens with zero attached hydrogens (tertiary/aromatic N) is 3. The van der Waals surface area contributed by atoms with Gasteiger partial charge in [-0.25, -0.2) is 4.98 Å². The maximum Gasteiger partial charge on any atom is 0.254 e. The lowest BCUT2D eigenvalue weighted by molar-refractivity contribution is -0.141. The van der Waals surface area contributed by atoms with Crippen LogP contribution < -0.4 is 10.1 Å². The Labute approximate surface area is 278 Å². The van der Waals surface area contributed by atoms with Crippen molar-refractivity contribution in [3.63, 3.8) is 0 Å². The Kier molecular flexibility index (Phi) is 11.2. The average Bonchev–Trinajstić information content (AvgIpc) is 3.72. The molecule has 1 aliphatic rings. The summed E-state index contributed by atoms with van der Waals surface area (Å²) in [7, 11) is -2.18. The first-order valence-electron chi connectivity index (χ1n) is 16.1. The molecule has 2 aromatic heterocycles. The molecule has 46 heavy (non-hydrogen) atoms. The second-order valence-electron chi connectivity index (χ2n) is 14.3. The highest BCUT2D eigenvalue weighted by Gasteiger charge is 2.47. The Morgan fingerprint density at radius 2 is 1.85 bits per heavy atom. The van der Waals surface area contributed by atoms with Gasteiger partial charge in [0.05, 0.1) is 34.8 Å². The molecule has 252 valence electrons. The standard InChI is InChI=1S/C34H50N4O6SSi/c1-20(2)30(28-16-29(37-43-28)42-21(3)18-39)33(41)38-17-26(44-46(9,10)34(6,7)8)15-27(38)32(40)36-22(4)24-11-13-25(14-12-24)31-23(5)35-19-45-31/h11-14,16,19-22,26-27,30,39H,15,17-18H2,1-10H3,(H,36,40)/t21-,22-,26?,27-,30+/m0/s1. The lowest BCUT2D eigenvalue weighted by Gasteiger charge is -2.38. The summed E-state index contributed by atoms with van der Waals surface area (Å²) in [6.45, 7) is 20.6. The van der Waals surface area contributed by atoms with E-state index >= 15 is 0 Å². The second-order valence-corrected chi connectivity index (χ2v) is 19.9. The number of likely N-dealkylation sites (tertiary alicyclic amines) is 1. The van der Waals surface area contributed by atoms with Crippen LogP contribution in [0.15, 0.2) is 40.4 Å². The summed E-state index contributed by atoms with van der Waals surface area (Å²) in [4.78, 5) is 35.5. The minimum Gasteiger partial charge on any atom is -0.470 e. The van der Waals surface area contributed by atoms with Gasteiger partial charge in [-0.3, -0.25) is 9.59 Å². The third-order valence-corrected chi connectivity index (χ3v) is 14.7. The molecule has 12 heteroatoms. The third kappa shape index (κ3) is 8.07. The first kappa shape index (κ1) is 35.8. The molecule has 10 nitrogen and oxygen atoms in total. The largest absolute Gasteiger partial charge is 0.470 e. The lowest BCUT2D eigenvalue weighted by Crippen LogP contribution is -2.48. The Balaban J connectivity index is 1.57. The number of carbonyl (C=O) groups excluding carboxylic acids is 2. The highest BCUT2D eigenvalue weighted by atomic mass is 32.1. The van der Waals surface area contributed by atoms with Crippen LogP contribution in [0.2, 0.25) is 18.1 Å². The predicted molar refractivity (Wildman–Crippen MR) is 182 cm³/mol. The summed E-state index contributed by atoms with van der Waals surface area (Å²) in [6.07, 6.45) is -0.338. The van der Waals surface area contributed by atoms with Gasteiger partial charge in [-0.15, -0.1) is 11.3 Å². The topological polar surface area (TPSA) is 127 Å². The number of aliphatic hydroxyl groups excluding tert-OH is 1. The van der Waals surface area contributed by atoms with Gasteiger partial charge in [0.1, 0.15) is 18.1 Å². The van der Waals surface area contributed by atoms with Gasteiger partial charge in [-0.1, -0.05) is 58.9 Å². The van der Waals surface area contributed by atoms with Gasteiger partial charge in [0, 0.05) is 19.0 Å². The summed E-state index contributed by atoms with van der Waals surface area (Å²) < 4.78 is 18.0. The molecule has 5 atom stereocenters. The van der Waals surface area contributed by atoms with Crippen LogP contribution in [0.5, 0.6) is 5.88 Å². The number of ether oxygens (including phenoxy) is 1. The van der Waals surface area contributed by atoms with E-state index in [0.29, 0.717) is 18.7 Å². The highest BCUT2D eigenvalue weighted by Crippen LogP contribution is 2.40. The maximum absolute atomic E-state index is 14.4. The fourth-order valence-electron chi connectivity index (χ4n) is 5.50. The molecular weight excluding hydrogens is 621 g/mol. The van der Waals surface area contributed by atoms with E-state index in [2.05, 4.69) is 61.5 Å². The van der Waals surface area contributed by atoms with Gasteiger partial charge >= 0.3 is 0 Å². The van der Waals surface area contributed by atoms with Crippen molar-refractivity contribution in [3.05, 3.63) is 52.9 Å². The number of benzene rings is 1. The van der Waals surface area contributed by atoms with Crippen molar-refractivity contribution < 1.29 is 28.4 Å². The van der Waals surface area contributed by atoms with E-state index in [-0.39, 0.29) is 47.4 Å². The van der Waals surface area contributed by atoms with Crippen LogP contribution in [0.1, 0.15) is 83.9 Å². The smallest absolute Gasteiger partial charge is 0.254 e. The number of aliphatic hydroxyl groups is 1. The van der Waals surface area contributed by atoms with Gasteiger partial charge in [0.15, 0.2) is 14.1 Å². The third-order valence-electron chi connectivity index (χ3n) is 9.22. The van der Waals surface area contributed by atoms with E-state index in [4.69, 9.17) is 13.7 Å². The number of hydrogen-bond acceptors (Lipinski definition) is 9. The van der Waals surface area contributed by atoms with Crippen molar-refractivity contribution in [2.75, 3.05) is 13.2 Å². The minimum absolute atomic E-state index is 0.0248. The molecule has 3 heterocycles. The molecule has 1 unspecified atom stereocenters. The highest BCUT2D eigenvalue weighted by molar-refractivity contribution is 7.13. The molecule has 1 aromatic carbocycles. The van der Waals surface area contributed by atoms with Crippen LogP contribution in [-0.2, 0) is 14.0 Å². The van der Waals surface area contributed by atoms with Crippen LogP contribution >= 0.6 is 11.3 Å². The van der Waals surface area contributed by atoms with Crippen molar-refractivity contribution in [1.29, 1.82) is 0 Å². The van der Waals surface area contributed by atoms with E-state index in [0.717, 1.165) is 21.7 Å². The molecule has 0 bridgehead atoms. The van der Waals surface area contributed by atoms with Gasteiger partial charge in [0.2, 0.25) is 11.8 Å². The summed E-state index contributed by atoms with van der Waals surface area (Å²) >= 11 is 1.60. The molecule has 3 aromatic rings. The van der Waals surface area contributed by atoms with Gasteiger partial charge in [-0.05, 0) is 61.1 Å². The van der Waals surface area contributed by atoms with E-state index in [1.54, 1.807) is 29.2 Å². The molecule has 1 fully saturated rings. The Morgan fingerprint density at radius 3 is 2.41 bits per heavy atom. The minimum atomic E-state index is -2.18. The van der Waals surface area contributed by atoms with E-state index < -0.39 is 26.4 Å². The van der Waals surface area contributed by atoms with Gasteiger partial charge < -0.3 is 29.0 Å². The van der Waals surface area contributed by atoms with Crippen molar-refractivity contribution in [1.82, 2.24) is 20.4 Å². The van der Waals surface area contributed by atoms with Crippen molar-refractivity contribution in [2.24, 2.45) is 5.92 Å². The quantitative estimate of drug-likeness (QED) is 0.210. The number of thiazole rings is 1. The molecule has 0 radical (unpaired) electrons. The molecule has 4 rings (SSSR count). The Morgan fingerprint density at radius 1 is 1.17 bits per heavy atom. The van der Waals surface area contributed by atoms with E-state index in [1.165, 1.54) is 0 Å².